The van der Waals surface area contributed by atoms with Crippen LogP contribution in [0.3, 0.4) is 0 Å². The average molecular weight is 416 g/mol. The smallest absolute Gasteiger partial charge is 0.283 e. The highest BCUT2D eigenvalue weighted by Crippen LogP contribution is 2.29. The van der Waals surface area contributed by atoms with Crippen LogP contribution in [0.4, 0.5) is 4.39 Å². The number of unbranched alkanes of at least 4 members (excludes halogenated alkanes) is 2. The third-order valence-electron chi connectivity index (χ3n) is 5.36. The Bertz CT molecular complexity index is 895. The summed E-state index contributed by atoms with van der Waals surface area (Å²) in [5.74, 6) is -0.284. The van der Waals surface area contributed by atoms with E-state index in [0.717, 1.165) is 38.8 Å². The molecule has 8 heteroatoms. The molecule has 1 aliphatic heterocycles. The Balaban J connectivity index is 1.91. The van der Waals surface area contributed by atoms with E-state index in [9.17, 15) is 14.5 Å². The lowest BCUT2D eigenvalue weighted by atomic mass is 10.1. The van der Waals surface area contributed by atoms with E-state index in [2.05, 4.69) is 28.7 Å². The van der Waals surface area contributed by atoms with Crippen molar-refractivity contribution in [3.63, 3.8) is 0 Å². The summed E-state index contributed by atoms with van der Waals surface area (Å²) in [6.07, 6.45) is 7.48. The van der Waals surface area contributed by atoms with Crippen LogP contribution in [0.15, 0.2) is 42.4 Å². The Hall–Kier alpha value is -2.74. The molecule has 0 aliphatic carbocycles. The summed E-state index contributed by atoms with van der Waals surface area (Å²) in [6.45, 7) is 7.11. The molecule has 2 heterocycles. The van der Waals surface area contributed by atoms with E-state index in [-0.39, 0.29) is 23.0 Å². The third kappa shape index (κ3) is 5.24. The van der Waals surface area contributed by atoms with Gasteiger partial charge in [-0.3, -0.25) is 19.7 Å². The molecule has 0 N–H and O–H groups in total. The average Bonchev–Trinajstić information content (AvgIpc) is 3.19. The Morgan fingerprint density at radius 1 is 1.17 bits per heavy atom. The Labute approximate surface area is 176 Å². The molecule has 0 amide bonds. The Morgan fingerprint density at radius 2 is 1.90 bits per heavy atom. The quantitative estimate of drug-likeness (QED) is 0.430. The van der Waals surface area contributed by atoms with Crippen molar-refractivity contribution in [1.29, 1.82) is 0 Å². The molecule has 0 bridgehead atoms. The van der Waals surface area contributed by atoms with Gasteiger partial charge in [0.2, 0.25) is 0 Å². The second-order valence-corrected chi connectivity index (χ2v) is 7.73. The number of halogens is 1. The van der Waals surface area contributed by atoms with Crippen molar-refractivity contribution in [3.8, 4) is 0 Å². The number of nitrogens with zero attached hydrogens (tertiary/aromatic N) is 5. The van der Waals surface area contributed by atoms with Crippen molar-refractivity contribution in [1.82, 2.24) is 19.6 Å². The minimum Gasteiger partial charge on any atom is -0.353 e. The highest BCUT2D eigenvalue weighted by atomic mass is 19.1. The summed E-state index contributed by atoms with van der Waals surface area (Å²) in [6, 6.07) is 6.58. The van der Waals surface area contributed by atoms with Crippen LogP contribution in [0.25, 0.3) is 5.70 Å². The van der Waals surface area contributed by atoms with Crippen LogP contribution in [0.1, 0.15) is 50.7 Å². The second-order valence-electron chi connectivity index (χ2n) is 7.73. The van der Waals surface area contributed by atoms with Gasteiger partial charge in [0.25, 0.3) is 5.70 Å². The van der Waals surface area contributed by atoms with Gasteiger partial charge in [0.1, 0.15) is 11.5 Å². The molecule has 7 nitrogen and oxygen atoms in total. The molecule has 2 aromatic rings. The minimum atomic E-state index is -0.284. The Kier molecular flexibility index (Phi) is 7.57. The number of hydrogen-bond acceptors (Lipinski definition) is 5. The fraction of sp³-hybridized carbons (Fsp3) is 0.500. The first kappa shape index (κ1) is 22.0. The van der Waals surface area contributed by atoms with Gasteiger partial charge in [-0.1, -0.05) is 44.9 Å². The van der Waals surface area contributed by atoms with E-state index < -0.39 is 0 Å². The van der Waals surface area contributed by atoms with Crippen molar-refractivity contribution < 1.29 is 9.31 Å². The van der Waals surface area contributed by atoms with Gasteiger partial charge in [-0.15, -0.1) is 0 Å². The van der Waals surface area contributed by atoms with Crippen LogP contribution in [0, 0.1) is 15.9 Å². The monoisotopic (exact) mass is 415 g/mol. The van der Waals surface area contributed by atoms with Crippen LogP contribution in [0.2, 0.25) is 0 Å². The number of benzene rings is 1. The predicted molar refractivity (Wildman–Crippen MR) is 115 cm³/mol. The molecule has 1 aliphatic rings. The minimum absolute atomic E-state index is 0.207. The lowest BCUT2D eigenvalue weighted by molar-refractivity contribution is -0.429. The zero-order valence-electron chi connectivity index (χ0n) is 17.8. The fourth-order valence-corrected chi connectivity index (χ4v) is 3.76. The van der Waals surface area contributed by atoms with Gasteiger partial charge in [0.15, 0.2) is 0 Å². The maximum atomic E-state index is 14.0. The molecule has 162 valence electrons. The first-order chi connectivity index (χ1) is 14.5. The normalized spacial score (nSPS) is 15.1. The summed E-state index contributed by atoms with van der Waals surface area (Å²) < 4.78 is 15.6. The predicted octanol–water partition coefficient (Wildman–Crippen LogP) is 4.19. The maximum Gasteiger partial charge on any atom is 0.283 e. The van der Waals surface area contributed by atoms with E-state index in [4.69, 9.17) is 0 Å². The van der Waals surface area contributed by atoms with Gasteiger partial charge >= 0.3 is 0 Å². The lowest BCUT2D eigenvalue weighted by Gasteiger charge is -2.36. The van der Waals surface area contributed by atoms with Crippen molar-refractivity contribution in [2.24, 2.45) is 0 Å². The molecule has 0 spiro atoms. The SMILES string of the molecule is CCCCN1CC([N+](=O)[O-])=C(c2cnn(Cc3ccccc3F)c2)N(CCCC)C1. The van der Waals surface area contributed by atoms with Gasteiger partial charge in [-0.25, -0.2) is 4.39 Å². The maximum absolute atomic E-state index is 14.0. The van der Waals surface area contributed by atoms with Crippen LogP contribution in [0.5, 0.6) is 0 Å². The van der Waals surface area contributed by atoms with Gasteiger partial charge in [-0.05, 0) is 18.9 Å². The van der Waals surface area contributed by atoms with Gasteiger partial charge in [-0.2, -0.15) is 5.10 Å². The summed E-state index contributed by atoms with van der Waals surface area (Å²) in [4.78, 5) is 15.9. The Morgan fingerprint density at radius 3 is 2.60 bits per heavy atom. The van der Waals surface area contributed by atoms with E-state index in [1.54, 1.807) is 35.3 Å². The number of rotatable bonds is 10. The highest BCUT2D eigenvalue weighted by Gasteiger charge is 2.33. The molecule has 0 saturated heterocycles. The molecule has 1 aromatic heterocycles. The highest BCUT2D eigenvalue weighted by molar-refractivity contribution is 5.66. The number of hydrogen-bond donors (Lipinski definition) is 0. The van der Waals surface area contributed by atoms with Crippen LogP contribution in [-0.2, 0) is 6.54 Å². The molecule has 0 atom stereocenters. The molecule has 30 heavy (non-hydrogen) atoms. The zero-order chi connectivity index (χ0) is 21.5. The number of nitro groups is 1. The fourth-order valence-electron chi connectivity index (χ4n) is 3.76. The topological polar surface area (TPSA) is 67.4 Å². The van der Waals surface area contributed by atoms with Crippen LogP contribution >= 0.6 is 0 Å². The van der Waals surface area contributed by atoms with Crippen LogP contribution < -0.4 is 0 Å². The van der Waals surface area contributed by atoms with Crippen molar-refractivity contribution in [3.05, 3.63) is 69.4 Å². The zero-order valence-corrected chi connectivity index (χ0v) is 17.8. The number of aromatic nitrogens is 2. The standard InChI is InChI=1S/C22H30FN5O2/c1-3-5-11-25-16-21(28(29)30)22(26(17-25)12-6-4-2)19-13-24-27(15-19)14-18-9-7-8-10-20(18)23/h7-10,13,15H,3-6,11-12,14,16-17H2,1-2H3. The van der Waals surface area contributed by atoms with Crippen LogP contribution in [-0.4, -0.2) is 50.8 Å². The molecule has 0 saturated carbocycles. The third-order valence-corrected chi connectivity index (χ3v) is 5.36. The van der Waals surface area contributed by atoms with E-state index in [0.29, 0.717) is 30.0 Å². The summed E-state index contributed by atoms with van der Waals surface area (Å²) in [5.41, 5.74) is 2.09. The molecule has 0 fully saturated rings. The van der Waals surface area contributed by atoms with Crippen molar-refractivity contribution >= 4 is 5.70 Å². The van der Waals surface area contributed by atoms with E-state index in [1.165, 1.54) is 6.07 Å². The molecular weight excluding hydrogens is 385 g/mol. The largest absolute Gasteiger partial charge is 0.353 e. The lowest BCUT2D eigenvalue weighted by Crippen LogP contribution is -2.45. The summed E-state index contributed by atoms with van der Waals surface area (Å²) in [7, 11) is 0. The first-order valence-corrected chi connectivity index (χ1v) is 10.6. The summed E-state index contributed by atoms with van der Waals surface area (Å²) in [5, 5.41) is 16.3. The first-order valence-electron chi connectivity index (χ1n) is 10.6. The van der Waals surface area contributed by atoms with Crippen molar-refractivity contribution in [2.75, 3.05) is 26.3 Å². The molecule has 3 rings (SSSR count). The van der Waals surface area contributed by atoms with Gasteiger partial charge in [0, 0.05) is 30.4 Å². The molecular formula is C22H30FN5O2. The van der Waals surface area contributed by atoms with Crippen molar-refractivity contribution in [2.45, 2.75) is 46.1 Å². The van der Waals surface area contributed by atoms with Gasteiger partial charge in [0.05, 0.1) is 30.9 Å². The molecule has 0 radical (unpaired) electrons. The van der Waals surface area contributed by atoms with E-state index >= 15 is 0 Å². The summed E-state index contributed by atoms with van der Waals surface area (Å²) >= 11 is 0. The molecule has 1 aromatic carbocycles. The van der Waals surface area contributed by atoms with Gasteiger partial charge < -0.3 is 4.90 Å². The van der Waals surface area contributed by atoms with E-state index in [1.807, 2.05) is 0 Å². The molecule has 0 unspecified atom stereocenters. The second kappa shape index (κ2) is 10.3.